The molecule has 1 amide bonds. The molecule has 182 valence electrons. The van der Waals surface area contributed by atoms with Crippen LogP contribution in [-0.2, 0) is 16.6 Å². The summed E-state index contributed by atoms with van der Waals surface area (Å²) in [6.45, 7) is 2.30. The molecule has 0 spiro atoms. The molecule has 0 radical (unpaired) electrons. The number of carbonyl (C=O) groups excluding carboxylic acids is 3. The SMILES string of the molecule is COc1ccc(-n2c(N)c(NC(=O)c3ccc(OC(C)=O)c(OC(C)=O)c3)c(=O)n(C)c2=O)cc1. The number of nitrogens with one attached hydrogen (secondary N) is 1. The first-order valence-electron chi connectivity index (χ1n) is 10.1. The minimum Gasteiger partial charge on any atom is -0.497 e. The Morgan fingerprint density at radius 2 is 1.51 bits per heavy atom. The number of rotatable bonds is 6. The molecule has 1 aromatic heterocycles. The summed E-state index contributed by atoms with van der Waals surface area (Å²) >= 11 is 0. The van der Waals surface area contributed by atoms with E-state index in [1.54, 1.807) is 24.3 Å². The number of amides is 1. The Bertz CT molecular complexity index is 1440. The van der Waals surface area contributed by atoms with Crippen molar-refractivity contribution in [2.24, 2.45) is 7.05 Å². The Hall–Kier alpha value is -4.87. The van der Waals surface area contributed by atoms with Crippen molar-refractivity contribution in [3.05, 3.63) is 68.9 Å². The fourth-order valence-electron chi connectivity index (χ4n) is 3.14. The summed E-state index contributed by atoms with van der Waals surface area (Å²) in [5.74, 6) is -2.17. The number of ether oxygens (including phenoxy) is 3. The summed E-state index contributed by atoms with van der Waals surface area (Å²) in [5.41, 5.74) is 4.53. The van der Waals surface area contributed by atoms with Gasteiger partial charge in [-0.25, -0.2) is 9.36 Å². The average molecular weight is 482 g/mol. The van der Waals surface area contributed by atoms with Crippen molar-refractivity contribution < 1.29 is 28.6 Å². The van der Waals surface area contributed by atoms with E-state index in [1.807, 2.05) is 0 Å². The number of aromatic nitrogens is 2. The maximum atomic E-state index is 13.0. The third-order valence-electron chi connectivity index (χ3n) is 4.78. The first-order chi connectivity index (χ1) is 16.5. The first kappa shape index (κ1) is 24.8. The van der Waals surface area contributed by atoms with E-state index in [9.17, 15) is 24.0 Å². The molecule has 0 aliphatic heterocycles. The molecule has 0 unspecified atom stereocenters. The van der Waals surface area contributed by atoms with Gasteiger partial charge in [0.1, 0.15) is 17.3 Å². The van der Waals surface area contributed by atoms with Gasteiger partial charge in [-0.15, -0.1) is 0 Å². The third kappa shape index (κ3) is 5.21. The quantitative estimate of drug-likeness (QED) is 0.389. The second kappa shape index (κ2) is 9.95. The first-order valence-corrected chi connectivity index (χ1v) is 10.1. The lowest BCUT2D eigenvalue weighted by atomic mass is 10.2. The fourth-order valence-corrected chi connectivity index (χ4v) is 3.14. The van der Waals surface area contributed by atoms with E-state index < -0.39 is 29.1 Å². The van der Waals surface area contributed by atoms with Gasteiger partial charge in [0, 0.05) is 26.5 Å². The maximum absolute atomic E-state index is 13.0. The Labute approximate surface area is 198 Å². The highest BCUT2D eigenvalue weighted by Crippen LogP contribution is 2.29. The number of benzene rings is 2. The molecule has 3 rings (SSSR count). The summed E-state index contributed by atoms with van der Waals surface area (Å²) in [7, 11) is 2.73. The van der Waals surface area contributed by atoms with Gasteiger partial charge in [-0.1, -0.05) is 0 Å². The number of esters is 2. The molecule has 0 bridgehead atoms. The molecule has 3 N–H and O–H groups in total. The number of nitrogens with two attached hydrogens (primary N) is 1. The lowest BCUT2D eigenvalue weighted by molar-refractivity contribution is -0.134. The van der Waals surface area contributed by atoms with Crippen LogP contribution in [0, 0.1) is 0 Å². The van der Waals surface area contributed by atoms with Crippen molar-refractivity contribution in [3.8, 4) is 22.9 Å². The van der Waals surface area contributed by atoms with Gasteiger partial charge in [0.05, 0.1) is 12.8 Å². The predicted molar refractivity (Wildman–Crippen MR) is 125 cm³/mol. The lowest BCUT2D eigenvalue weighted by Gasteiger charge is -2.16. The van der Waals surface area contributed by atoms with E-state index >= 15 is 0 Å². The Kier molecular flexibility index (Phi) is 7.04. The zero-order chi connectivity index (χ0) is 25.9. The van der Waals surface area contributed by atoms with Gasteiger partial charge in [0.2, 0.25) is 0 Å². The monoisotopic (exact) mass is 482 g/mol. The second-order valence-electron chi connectivity index (χ2n) is 7.24. The molecule has 12 nitrogen and oxygen atoms in total. The summed E-state index contributed by atoms with van der Waals surface area (Å²) in [6.07, 6.45) is 0. The van der Waals surface area contributed by atoms with Crippen LogP contribution in [0.3, 0.4) is 0 Å². The average Bonchev–Trinajstić information content (AvgIpc) is 2.81. The minimum atomic E-state index is -0.831. The molecular weight excluding hydrogens is 460 g/mol. The standard InChI is InChI=1S/C23H22N4O8/c1-12(28)34-17-10-5-14(11-18(17)35-13(2)29)21(30)25-19-20(24)27(23(32)26(3)22(19)31)15-6-8-16(33-4)9-7-15/h5-11H,24H2,1-4H3,(H,25,30). The molecule has 0 fully saturated rings. The zero-order valence-corrected chi connectivity index (χ0v) is 19.3. The Balaban J connectivity index is 2.05. The normalized spacial score (nSPS) is 10.4. The fraction of sp³-hybridized carbons (Fsp3) is 0.174. The van der Waals surface area contributed by atoms with E-state index in [1.165, 1.54) is 26.3 Å². The minimum absolute atomic E-state index is 0.0409. The summed E-state index contributed by atoms with van der Waals surface area (Å²) < 4.78 is 17.0. The van der Waals surface area contributed by atoms with Crippen molar-refractivity contribution in [1.82, 2.24) is 9.13 Å². The summed E-state index contributed by atoms with van der Waals surface area (Å²) in [5, 5.41) is 2.41. The highest BCUT2D eigenvalue weighted by atomic mass is 16.6. The molecule has 0 atom stereocenters. The van der Waals surface area contributed by atoms with Crippen LogP contribution in [0.1, 0.15) is 24.2 Å². The van der Waals surface area contributed by atoms with Gasteiger partial charge in [-0.2, -0.15) is 0 Å². The molecule has 0 aliphatic rings. The number of nitrogens with zero attached hydrogens (tertiary/aromatic N) is 2. The highest BCUT2D eigenvalue weighted by molar-refractivity contribution is 6.06. The van der Waals surface area contributed by atoms with Crippen LogP contribution in [-0.4, -0.2) is 34.1 Å². The van der Waals surface area contributed by atoms with Gasteiger partial charge < -0.3 is 25.3 Å². The van der Waals surface area contributed by atoms with Gasteiger partial charge in [-0.05, 0) is 42.5 Å². The topological polar surface area (TPSA) is 161 Å². The van der Waals surface area contributed by atoms with Crippen LogP contribution >= 0.6 is 0 Å². The van der Waals surface area contributed by atoms with Crippen LogP contribution in [0.4, 0.5) is 11.5 Å². The molecule has 3 aromatic rings. The van der Waals surface area contributed by atoms with E-state index in [0.29, 0.717) is 11.4 Å². The Morgan fingerprint density at radius 3 is 2.09 bits per heavy atom. The van der Waals surface area contributed by atoms with E-state index in [2.05, 4.69) is 5.32 Å². The number of methoxy groups -OCH3 is 1. The molecule has 1 heterocycles. The third-order valence-corrected chi connectivity index (χ3v) is 4.78. The van der Waals surface area contributed by atoms with Crippen molar-refractivity contribution in [1.29, 1.82) is 0 Å². The van der Waals surface area contributed by atoms with Crippen LogP contribution in [0.15, 0.2) is 52.1 Å². The van der Waals surface area contributed by atoms with Gasteiger partial charge in [-0.3, -0.25) is 23.7 Å². The smallest absolute Gasteiger partial charge is 0.337 e. The summed E-state index contributed by atoms with van der Waals surface area (Å²) in [4.78, 5) is 61.2. The number of nitrogen functional groups attached to an aromatic ring is 1. The molecule has 0 saturated carbocycles. The second-order valence-corrected chi connectivity index (χ2v) is 7.24. The highest BCUT2D eigenvalue weighted by Gasteiger charge is 2.21. The van der Waals surface area contributed by atoms with Crippen molar-refractivity contribution in [2.75, 3.05) is 18.2 Å². The van der Waals surface area contributed by atoms with Crippen LogP contribution in [0.2, 0.25) is 0 Å². The molecule has 0 aliphatic carbocycles. The lowest BCUT2D eigenvalue weighted by Crippen LogP contribution is -2.40. The molecule has 12 heteroatoms. The molecular formula is C23H22N4O8. The molecule has 35 heavy (non-hydrogen) atoms. The number of hydrogen-bond donors (Lipinski definition) is 2. The van der Waals surface area contributed by atoms with Crippen molar-refractivity contribution >= 4 is 29.4 Å². The van der Waals surface area contributed by atoms with Crippen molar-refractivity contribution in [2.45, 2.75) is 13.8 Å². The van der Waals surface area contributed by atoms with Crippen LogP contribution < -0.4 is 36.5 Å². The van der Waals surface area contributed by atoms with E-state index in [-0.39, 0.29) is 28.6 Å². The van der Waals surface area contributed by atoms with Crippen LogP contribution in [0.25, 0.3) is 5.69 Å². The number of hydrogen-bond acceptors (Lipinski definition) is 9. The number of anilines is 2. The zero-order valence-electron chi connectivity index (χ0n) is 19.3. The predicted octanol–water partition coefficient (Wildman–Crippen LogP) is 1.23. The van der Waals surface area contributed by atoms with Gasteiger partial charge >= 0.3 is 17.6 Å². The number of carbonyl (C=O) groups is 3. The van der Waals surface area contributed by atoms with E-state index in [4.69, 9.17) is 19.9 Å². The van der Waals surface area contributed by atoms with Gasteiger partial charge in [0.25, 0.3) is 11.5 Å². The van der Waals surface area contributed by atoms with Crippen molar-refractivity contribution in [3.63, 3.8) is 0 Å². The molecule has 2 aromatic carbocycles. The largest absolute Gasteiger partial charge is 0.497 e. The summed E-state index contributed by atoms with van der Waals surface area (Å²) in [6, 6.07) is 10.0. The molecule has 0 saturated heterocycles. The van der Waals surface area contributed by atoms with Gasteiger partial charge in [0.15, 0.2) is 11.5 Å². The van der Waals surface area contributed by atoms with Crippen LogP contribution in [0.5, 0.6) is 17.2 Å². The van der Waals surface area contributed by atoms with E-state index in [0.717, 1.165) is 29.0 Å². The Morgan fingerprint density at radius 1 is 0.914 bits per heavy atom. The maximum Gasteiger partial charge on any atom is 0.337 e.